The molecule has 1 aromatic rings. The molecule has 0 saturated heterocycles. The fraction of sp³-hybridized carbons (Fsp3) is 0.333. The van der Waals surface area contributed by atoms with E-state index in [4.69, 9.17) is 21.8 Å². The van der Waals surface area contributed by atoms with Crippen LogP contribution in [0.1, 0.15) is 19.4 Å². The highest BCUT2D eigenvalue weighted by atomic mass is 16.4. The van der Waals surface area contributed by atoms with Crippen molar-refractivity contribution in [1.82, 2.24) is 0 Å². The molecule has 0 bridgehead atoms. The molecule has 92 valence electrons. The zero-order valence-electron chi connectivity index (χ0n) is 9.92. The van der Waals surface area contributed by atoms with Gasteiger partial charge in [-0.3, -0.25) is 4.79 Å². The van der Waals surface area contributed by atoms with E-state index in [2.05, 4.69) is 0 Å². The van der Waals surface area contributed by atoms with Crippen LogP contribution in [-0.2, 0) is 4.79 Å². The van der Waals surface area contributed by atoms with Crippen LogP contribution in [0.4, 0.5) is 5.69 Å². The van der Waals surface area contributed by atoms with E-state index in [0.29, 0.717) is 11.3 Å². The summed E-state index contributed by atoms with van der Waals surface area (Å²) in [5, 5.41) is 16.6. The standard InChI is InChI=1S/C7H6N2.C5H11NO2/c8-5-6-3-1-2-4-7(6)9;1-3(2)4(6)5(7)8/h1-4H,9H2;3-4H,6H2,1-2H3,(H,7,8)/t;4-/m.0/s1. The van der Waals surface area contributed by atoms with Gasteiger partial charge in [-0.05, 0) is 18.1 Å². The number of nitrogen functional groups attached to an aromatic ring is 1. The molecule has 0 aliphatic rings. The molecule has 0 amide bonds. The molecule has 1 atom stereocenters. The van der Waals surface area contributed by atoms with Crippen molar-refractivity contribution >= 4 is 11.7 Å². The van der Waals surface area contributed by atoms with Crippen LogP contribution < -0.4 is 11.5 Å². The number of nitriles is 1. The fourth-order valence-corrected chi connectivity index (χ4v) is 0.884. The number of nitrogens with zero attached hydrogens (tertiary/aromatic N) is 1. The number of para-hydroxylation sites is 1. The Kier molecular flexibility index (Phi) is 6.37. The molecule has 17 heavy (non-hydrogen) atoms. The molecule has 0 fully saturated rings. The van der Waals surface area contributed by atoms with Gasteiger partial charge < -0.3 is 16.6 Å². The summed E-state index contributed by atoms with van der Waals surface area (Å²) in [6, 6.07) is 8.24. The monoisotopic (exact) mass is 235 g/mol. The van der Waals surface area contributed by atoms with Crippen LogP contribution >= 0.6 is 0 Å². The molecule has 0 spiro atoms. The average Bonchev–Trinajstić information content (AvgIpc) is 2.29. The lowest BCUT2D eigenvalue weighted by molar-refractivity contribution is -0.139. The Labute approximate surface area is 101 Å². The number of aliphatic carboxylic acids is 1. The van der Waals surface area contributed by atoms with Crippen molar-refractivity contribution in [3.05, 3.63) is 29.8 Å². The molecule has 5 N–H and O–H groups in total. The van der Waals surface area contributed by atoms with Gasteiger partial charge in [-0.1, -0.05) is 26.0 Å². The predicted molar refractivity (Wildman–Crippen MR) is 66.0 cm³/mol. The van der Waals surface area contributed by atoms with Crippen molar-refractivity contribution in [3.8, 4) is 6.07 Å². The molecule has 0 radical (unpaired) electrons. The summed E-state index contributed by atoms with van der Waals surface area (Å²) in [5.74, 6) is -0.910. The van der Waals surface area contributed by atoms with E-state index in [9.17, 15) is 4.79 Å². The van der Waals surface area contributed by atoms with E-state index in [1.54, 1.807) is 38.1 Å². The Morgan fingerprint density at radius 1 is 1.41 bits per heavy atom. The topological polar surface area (TPSA) is 113 Å². The van der Waals surface area contributed by atoms with Gasteiger partial charge in [-0.15, -0.1) is 0 Å². The zero-order chi connectivity index (χ0) is 13.4. The first-order valence-corrected chi connectivity index (χ1v) is 5.13. The second-order valence-electron chi connectivity index (χ2n) is 3.81. The van der Waals surface area contributed by atoms with Crippen LogP contribution in [0, 0.1) is 17.2 Å². The van der Waals surface area contributed by atoms with Gasteiger partial charge in [0.05, 0.1) is 5.56 Å². The Bertz CT molecular complexity index is 410. The first-order chi connectivity index (χ1) is 7.90. The molecule has 0 unspecified atom stereocenters. The smallest absolute Gasteiger partial charge is 0.320 e. The molecular weight excluding hydrogens is 218 g/mol. The Morgan fingerprint density at radius 3 is 2.18 bits per heavy atom. The highest BCUT2D eigenvalue weighted by molar-refractivity contribution is 5.73. The quantitative estimate of drug-likeness (QED) is 0.666. The summed E-state index contributed by atoms with van der Waals surface area (Å²) < 4.78 is 0. The van der Waals surface area contributed by atoms with E-state index >= 15 is 0 Å². The largest absolute Gasteiger partial charge is 0.480 e. The lowest BCUT2D eigenvalue weighted by Gasteiger charge is -2.07. The normalized spacial score (nSPS) is 11.0. The summed E-state index contributed by atoms with van der Waals surface area (Å²) in [4.78, 5) is 10.0. The number of benzene rings is 1. The van der Waals surface area contributed by atoms with Crippen LogP contribution in [0.3, 0.4) is 0 Å². The molecule has 1 rings (SSSR count). The van der Waals surface area contributed by atoms with Crippen LogP contribution in [0.15, 0.2) is 24.3 Å². The summed E-state index contributed by atoms with van der Waals surface area (Å²) in [5.41, 5.74) is 11.6. The van der Waals surface area contributed by atoms with Crippen LogP contribution in [0.2, 0.25) is 0 Å². The predicted octanol–water partition coefficient (Wildman–Crippen LogP) is 1.19. The fourth-order valence-electron chi connectivity index (χ4n) is 0.884. The molecule has 0 heterocycles. The van der Waals surface area contributed by atoms with Crippen molar-refractivity contribution in [2.24, 2.45) is 11.7 Å². The number of hydrogen-bond acceptors (Lipinski definition) is 4. The van der Waals surface area contributed by atoms with Gasteiger partial charge in [0.1, 0.15) is 12.1 Å². The van der Waals surface area contributed by atoms with Crippen LogP contribution in [0.5, 0.6) is 0 Å². The number of nitrogens with two attached hydrogens (primary N) is 2. The number of rotatable bonds is 2. The van der Waals surface area contributed by atoms with Crippen molar-refractivity contribution in [1.29, 1.82) is 5.26 Å². The lowest BCUT2D eigenvalue weighted by Crippen LogP contribution is -2.34. The van der Waals surface area contributed by atoms with Crippen molar-refractivity contribution in [2.75, 3.05) is 5.73 Å². The molecule has 0 saturated carbocycles. The summed E-state index contributed by atoms with van der Waals surface area (Å²) in [6.45, 7) is 3.55. The molecule has 1 aromatic carbocycles. The van der Waals surface area contributed by atoms with Crippen molar-refractivity contribution < 1.29 is 9.90 Å². The summed E-state index contributed by atoms with van der Waals surface area (Å²) in [6.07, 6.45) is 0. The Balaban J connectivity index is 0.000000304. The third kappa shape index (κ3) is 5.54. The third-order valence-corrected chi connectivity index (χ3v) is 2.08. The van der Waals surface area contributed by atoms with Crippen molar-refractivity contribution in [3.63, 3.8) is 0 Å². The average molecular weight is 235 g/mol. The molecule has 0 aliphatic carbocycles. The zero-order valence-corrected chi connectivity index (χ0v) is 9.92. The van der Waals surface area contributed by atoms with Gasteiger partial charge in [-0.2, -0.15) is 5.26 Å². The van der Waals surface area contributed by atoms with Gasteiger partial charge in [0, 0.05) is 5.69 Å². The third-order valence-electron chi connectivity index (χ3n) is 2.08. The van der Waals surface area contributed by atoms with E-state index in [1.807, 2.05) is 6.07 Å². The van der Waals surface area contributed by atoms with Crippen LogP contribution in [-0.4, -0.2) is 17.1 Å². The first-order valence-electron chi connectivity index (χ1n) is 5.13. The van der Waals surface area contributed by atoms with Crippen molar-refractivity contribution in [2.45, 2.75) is 19.9 Å². The molecule has 0 aliphatic heterocycles. The maximum absolute atomic E-state index is 10.0. The maximum atomic E-state index is 10.0. The van der Waals surface area contributed by atoms with E-state index < -0.39 is 12.0 Å². The Hall–Kier alpha value is -2.06. The van der Waals surface area contributed by atoms with Gasteiger partial charge in [0.15, 0.2) is 0 Å². The number of carbonyl (C=O) groups is 1. The minimum absolute atomic E-state index is 0.0208. The number of carboxylic acids is 1. The SMILES string of the molecule is CC(C)[C@H](N)C(=O)O.N#Cc1ccccc1N. The minimum Gasteiger partial charge on any atom is -0.480 e. The summed E-state index contributed by atoms with van der Waals surface area (Å²) >= 11 is 0. The van der Waals surface area contributed by atoms with E-state index in [-0.39, 0.29) is 5.92 Å². The van der Waals surface area contributed by atoms with E-state index in [0.717, 1.165) is 0 Å². The van der Waals surface area contributed by atoms with E-state index in [1.165, 1.54) is 0 Å². The Morgan fingerprint density at radius 2 is 1.94 bits per heavy atom. The minimum atomic E-state index is -0.931. The molecule has 0 aromatic heterocycles. The highest BCUT2D eigenvalue weighted by Gasteiger charge is 2.14. The number of carboxylic acid groups (broad SMARTS) is 1. The first kappa shape index (κ1) is 14.9. The number of anilines is 1. The molecule has 5 heteroatoms. The summed E-state index contributed by atoms with van der Waals surface area (Å²) in [7, 11) is 0. The number of hydrogen-bond donors (Lipinski definition) is 3. The van der Waals surface area contributed by atoms with Gasteiger partial charge in [-0.25, -0.2) is 0 Å². The second-order valence-corrected chi connectivity index (χ2v) is 3.81. The van der Waals surface area contributed by atoms with Gasteiger partial charge in [0.25, 0.3) is 0 Å². The molecular formula is C12H17N3O2. The lowest BCUT2D eigenvalue weighted by atomic mass is 10.1. The van der Waals surface area contributed by atoms with Gasteiger partial charge in [0.2, 0.25) is 0 Å². The van der Waals surface area contributed by atoms with Crippen LogP contribution in [0.25, 0.3) is 0 Å². The molecule has 5 nitrogen and oxygen atoms in total. The second kappa shape index (κ2) is 7.25. The highest BCUT2D eigenvalue weighted by Crippen LogP contribution is 2.07. The van der Waals surface area contributed by atoms with Gasteiger partial charge >= 0.3 is 5.97 Å². The maximum Gasteiger partial charge on any atom is 0.320 e.